The first kappa shape index (κ1) is 18.2. The lowest BCUT2D eigenvalue weighted by atomic mass is 9.93. The highest BCUT2D eigenvalue weighted by Crippen LogP contribution is 2.20. The molecule has 0 fully saturated rings. The summed E-state index contributed by atoms with van der Waals surface area (Å²) in [6.07, 6.45) is 10.8. The molecule has 0 saturated carbocycles. The standard InChI is InChI=1S/C20H34O/c1-5-6-7-8-9-10-11-12-19(21)15-20-17(3)13-16(2)14-18(20)4/h13-14,19,21H,5-12,15H2,1-4H3. The summed E-state index contributed by atoms with van der Waals surface area (Å²) in [5, 5.41) is 10.3. The predicted molar refractivity (Wildman–Crippen MR) is 93.0 cm³/mol. The molecule has 1 aromatic rings. The minimum atomic E-state index is -0.180. The number of aryl methyl sites for hydroxylation is 3. The Kier molecular flexibility index (Phi) is 8.68. The summed E-state index contributed by atoms with van der Waals surface area (Å²) in [5.74, 6) is 0. The van der Waals surface area contributed by atoms with Crippen molar-refractivity contribution in [1.82, 2.24) is 0 Å². The lowest BCUT2D eigenvalue weighted by Gasteiger charge is -2.15. The van der Waals surface area contributed by atoms with Crippen LogP contribution in [0, 0.1) is 20.8 Å². The van der Waals surface area contributed by atoms with Gasteiger partial charge in [-0.1, -0.05) is 69.6 Å². The van der Waals surface area contributed by atoms with Crippen molar-refractivity contribution in [3.05, 3.63) is 34.4 Å². The fourth-order valence-corrected chi connectivity index (χ4v) is 3.21. The topological polar surface area (TPSA) is 20.2 Å². The van der Waals surface area contributed by atoms with E-state index in [-0.39, 0.29) is 6.10 Å². The zero-order chi connectivity index (χ0) is 15.7. The highest BCUT2D eigenvalue weighted by molar-refractivity contribution is 5.37. The van der Waals surface area contributed by atoms with Gasteiger partial charge in [0.15, 0.2) is 0 Å². The molecule has 1 N–H and O–H groups in total. The zero-order valence-corrected chi connectivity index (χ0v) is 14.5. The SMILES string of the molecule is CCCCCCCCCC(O)Cc1c(C)cc(C)cc1C. The van der Waals surface area contributed by atoms with Crippen LogP contribution in [0.3, 0.4) is 0 Å². The van der Waals surface area contributed by atoms with E-state index < -0.39 is 0 Å². The maximum atomic E-state index is 10.3. The van der Waals surface area contributed by atoms with E-state index in [1.807, 2.05) is 0 Å². The summed E-state index contributed by atoms with van der Waals surface area (Å²) in [4.78, 5) is 0. The largest absolute Gasteiger partial charge is 0.393 e. The Morgan fingerprint density at radius 1 is 0.857 bits per heavy atom. The summed E-state index contributed by atoms with van der Waals surface area (Å²) in [7, 11) is 0. The average Bonchev–Trinajstić information content (AvgIpc) is 2.42. The molecule has 120 valence electrons. The van der Waals surface area contributed by atoms with E-state index in [0.717, 1.165) is 19.3 Å². The van der Waals surface area contributed by atoms with Crippen LogP contribution in [-0.2, 0) is 6.42 Å². The van der Waals surface area contributed by atoms with Crippen LogP contribution >= 0.6 is 0 Å². The van der Waals surface area contributed by atoms with Crippen LogP contribution in [-0.4, -0.2) is 11.2 Å². The van der Waals surface area contributed by atoms with Crippen LogP contribution in [0.5, 0.6) is 0 Å². The van der Waals surface area contributed by atoms with Crippen molar-refractivity contribution in [3.8, 4) is 0 Å². The Bertz CT molecular complexity index is 385. The van der Waals surface area contributed by atoms with E-state index in [4.69, 9.17) is 0 Å². The van der Waals surface area contributed by atoms with Gasteiger partial charge in [0.05, 0.1) is 6.10 Å². The van der Waals surface area contributed by atoms with Gasteiger partial charge in [-0.15, -0.1) is 0 Å². The van der Waals surface area contributed by atoms with Crippen LogP contribution in [0.4, 0.5) is 0 Å². The molecule has 0 aliphatic carbocycles. The first-order valence-electron chi connectivity index (χ1n) is 8.79. The van der Waals surface area contributed by atoms with E-state index in [0.29, 0.717) is 0 Å². The first-order chi connectivity index (χ1) is 10.0. The number of hydrogen-bond acceptors (Lipinski definition) is 1. The Morgan fingerprint density at radius 2 is 1.38 bits per heavy atom. The third kappa shape index (κ3) is 7.13. The second-order valence-electron chi connectivity index (χ2n) is 6.65. The normalized spacial score (nSPS) is 12.6. The van der Waals surface area contributed by atoms with Crippen molar-refractivity contribution >= 4 is 0 Å². The van der Waals surface area contributed by atoms with E-state index in [2.05, 4.69) is 39.8 Å². The number of aliphatic hydroxyl groups excluding tert-OH is 1. The van der Waals surface area contributed by atoms with Gasteiger partial charge >= 0.3 is 0 Å². The minimum absolute atomic E-state index is 0.180. The van der Waals surface area contributed by atoms with Gasteiger partial charge in [-0.3, -0.25) is 0 Å². The number of rotatable bonds is 10. The number of benzene rings is 1. The Balaban J connectivity index is 2.26. The molecule has 21 heavy (non-hydrogen) atoms. The van der Waals surface area contributed by atoms with Gasteiger partial charge in [0, 0.05) is 0 Å². The quantitative estimate of drug-likeness (QED) is 0.552. The highest BCUT2D eigenvalue weighted by atomic mass is 16.3. The molecule has 0 aliphatic heterocycles. The van der Waals surface area contributed by atoms with E-state index in [1.165, 1.54) is 60.8 Å². The van der Waals surface area contributed by atoms with E-state index in [1.54, 1.807) is 0 Å². The van der Waals surface area contributed by atoms with Gasteiger partial charge in [0.1, 0.15) is 0 Å². The molecule has 0 radical (unpaired) electrons. The Hall–Kier alpha value is -0.820. The summed E-state index contributed by atoms with van der Waals surface area (Å²) in [5.41, 5.74) is 5.31. The maximum absolute atomic E-state index is 10.3. The first-order valence-corrected chi connectivity index (χ1v) is 8.79. The minimum Gasteiger partial charge on any atom is -0.393 e. The van der Waals surface area contributed by atoms with Crippen LogP contribution in [0.25, 0.3) is 0 Å². The zero-order valence-electron chi connectivity index (χ0n) is 14.5. The third-order valence-electron chi connectivity index (χ3n) is 4.42. The number of aliphatic hydroxyl groups is 1. The smallest absolute Gasteiger partial charge is 0.0580 e. The molecule has 1 heteroatoms. The van der Waals surface area contributed by atoms with Crippen LogP contribution in [0.1, 0.15) is 80.5 Å². The fraction of sp³-hybridized carbons (Fsp3) is 0.700. The molecule has 1 atom stereocenters. The fourth-order valence-electron chi connectivity index (χ4n) is 3.21. The van der Waals surface area contributed by atoms with Gasteiger partial charge in [0.2, 0.25) is 0 Å². The lowest BCUT2D eigenvalue weighted by Crippen LogP contribution is -2.12. The Labute approximate surface area is 131 Å². The van der Waals surface area contributed by atoms with E-state index in [9.17, 15) is 5.11 Å². The molecule has 0 saturated heterocycles. The van der Waals surface area contributed by atoms with Crippen LogP contribution in [0.2, 0.25) is 0 Å². The molecular weight excluding hydrogens is 256 g/mol. The van der Waals surface area contributed by atoms with E-state index >= 15 is 0 Å². The second-order valence-corrected chi connectivity index (χ2v) is 6.65. The highest BCUT2D eigenvalue weighted by Gasteiger charge is 2.10. The molecule has 1 aromatic carbocycles. The molecule has 1 nitrogen and oxygen atoms in total. The van der Waals surface area contributed by atoms with Gasteiger partial charge in [-0.25, -0.2) is 0 Å². The van der Waals surface area contributed by atoms with Crippen molar-refractivity contribution in [1.29, 1.82) is 0 Å². The summed E-state index contributed by atoms with van der Waals surface area (Å²) >= 11 is 0. The summed E-state index contributed by atoms with van der Waals surface area (Å²) < 4.78 is 0. The Morgan fingerprint density at radius 3 is 1.95 bits per heavy atom. The van der Waals surface area contributed by atoms with Gasteiger partial charge in [-0.05, 0) is 50.3 Å². The molecule has 1 unspecified atom stereocenters. The molecule has 0 bridgehead atoms. The van der Waals surface area contributed by atoms with Crippen molar-refractivity contribution < 1.29 is 5.11 Å². The predicted octanol–water partition coefficient (Wildman–Crippen LogP) is 5.66. The molecule has 1 rings (SSSR count). The van der Waals surface area contributed by atoms with Crippen molar-refractivity contribution in [2.45, 2.75) is 91.6 Å². The van der Waals surface area contributed by atoms with Gasteiger partial charge < -0.3 is 5.11 Å². The molecule has 0 aliphatic rings. The van der Waals surface area contributed by atoms with Gasteiger partial charge in [0.25, 0.3) is 0 Å². The van der Waals surface area contributed by atoms with Gasteiger partial charge in [-0.2, -0.15) is 0 Å². The molecule has 0 aromatic heterocycles. The van der Waals surface area contributed by atoms with Crippen molar-refractivity contribution in [2.24, 2.45) is 0 Å². The third-order valence-corrected chi connectivity index (χ3v) is 4.42. The maximum Gasteiger partial charge on any atom is 0.0580 e. The van der Waals surface area contributed by atoms with Crippen molar-refractivity contribution in [2.75, 3.05) is 0 Å². The molecule has 0 spiro atoms. The molecular formula is C20H34O. The van der Waals surface area contributed by atoms with Crippen molar-refractivity contribution in [3.63, 3.8) is 0 Å². The van der Waals surface area contributed by atoms with Crippen LogP contribution in [0.15, 0.2) is 12.1 Å². The number of unbranched alkanes of at least 4 members (excludes halogenated alkanes) is 6. The molecule has 0 heterocycles. The monoisotopic (exact) mass is 290 g/mol. The molecule has 0 amide bonds. The summed E-state index contributed by atoms with van der Waals surface area (Å²) in [6, 6.07) is 4.45. The second kappa shape index (κ2) is 10.00. The average molecular weight is 290 g/mol. The lowest BCUT2D eigenvalue weighted by molar-refractivity contribution is 0.160. The van der Waals surface area contributed by atoms with Crippen LogP contribution < -0.4 is 0 Å². The summed E-state index contributed by atoms with van der Waals surface area (Å²) in [6.45, 7) is 8.72. The number of hydrogen-bond donors (Lipinski definition) is 1.